The van der Waals surface area contributed by atoms with E-state index in [0.717, 1.165) is 28.2 Å². The largest absolute Gasteiger partial charge is 0.453 e. The molecule has 0 bridgehead atoms. The van der Waals surface area contributed by atoms with Crippen molar-refractivity contribution in [3.8, 4) is 22.6 Å². The van der Waals surface area contributed by atoms with Crippen LogP contribution in [0.25, 0.3) is 28.2 Å². The summed E-state index contributed by atoms with van der Waals surface area (Å²) in [6.07, 6.45) is 8.86. The average molecular weight is 305 g/mol. The number of furan rings is 1. The van der Waals surface area contributed by atoms with E-state index in [0.29, 0.717) is 0 Å². The third kappa shape index (κ3) is 2.31. The molecule has 3 heterocycles. The fourth-order valence-electron chi connectivity index (χ4n) is 2.43. The van der Waals surface area contributed by atoms with E-state index in [1.165, 1.54) is 4.90 Å². The van der Waals surface area contributed by atoms with Crippen LogP contribution in [0.1, 0.15) is 0 Å². The molecular weight excluding hydrogens is 292 g/mol. The van der Waals surface area contributed by atoms with Crippen LogP contribution in [0.2, 0.25) is 0 Å². The number of hydrogen-bond acceptors (Lipinski definition) is 3. The summed E-state index contributed by atoms with van der Waals surface area (Å²) < 4.78 is 7.35. The monoisotopic (exact) mass is 305 g/mol. The second-order valence-electron chi connectivity index (χ2n) is 4.96. The molecule has 4 heteroatoms. The highest BCUT2D eigenvalue weighted by Crippen LogP contribution is 2.25. The van der Waals surface area contributed by atoms with Crippen LogP contribution >= 0.6 is 11.8 Å². The van der Waals surface area contributed by atoms with Gasteiger partial charge in [-0.3, -0.25) is 0 Å². The van der Waals surface area contributed by atoms with Gasteiger partial charge in [-0.2, -0.15) is 0 Å². The number of thioether (sulfide) groups is 1. The van der Waals surface area contributed by atoms with Crippen LogP contribution in [0.15, 0.2) is 70.2 Å². The van der Waals surface area contributed by atoms with Crippen molar-refractivity contribution in [3.63, 3.8) is 0 Å². The van der Waals surface area contributed by atoms with E-state index in [2.05, 4.69) is 41.8 Å². The number of nitrogens with zero attached hydrogens (tertiary/aromatic N) is 2. The standard InChI is InChI=1S/C18H13N2OS/c1-22-15-7-4-13(5-8-15)16-12-20-11-14(6-9-18(20)19-16)17-3-2-10-21-17/h2-9,11-12H,1H3. The van der Waals surface area contributed by atoms with Crippen LogP contribution in [-0.2, 0) is 0 Å². The maximum atomic E-state index is 5.32. The maximum Gasteiger partial charge on any atom is 0.170 e. The van der Waals surface area contributed by atoms with E-state index < -0.39 is 0 Å². The van der Waals surface area contributed by atoms with Gasteiger partial charge in [0.2, 0.25) is 0 Å². The topological polar surface area (TPSA) is 30.4 Å². The first-order valence-corrected chi connectivity index (χ1v) is 8.15. The second-order valence-corrected chi connectivity index (χ2v) is 5.84. The lowest BCUT2D eigenvalue weighted by molar-refractivity contribution is 0.573. The van der Waals surface area contributed by atoms with Crippen molar-refractivity contribution in [2.45, 2.75) is 4.90 Å². The fraction of sp³-hybridized carbons (Fsp3) is 0.0556. The van der Waals surface area contributed by atoms with Gasteiger partial charge in [0, 0.05) is 28.4 Å². The first kappa shape index (κ1) is 13.2. The number of fused-ring (bicyclic) bond motifs is 1. The molecule has 0 aliphatic carbocycles. The van der Waals surface area contributed by atoms with Gasteiger partial charge in [0.15, 0.2) is 6.26 Å². The fourth-order valence-corrected chi connectivity index (χ4v) is 2.84. The van der Waals surface area contributed by atoms with E-state index in [9.17, 15) is 0 Å². The molecule has 0 aliphatic heterocycles. The molecule has 0 aliphatic rings. The zero-order chi connectivity index (χ0) is 14.9. The Hall–Kier alpha value is -2.46. The Morgan fingerprint density at radius 3 is 2.55 bits per heavy atom. The van der Waals surface area contributed by atoms with Gasteiger partial charge >= 0.3 is 0 Å². The quantitative estimate of drug-likeness (QED) is 0.510. The predicted molar refractivity (Wildman–Crippen MR) is 88.9 cm³/mol. The minimum atomic E-state index is 0.807. The minimum Gasteiger partial charge on any atom is -0.453 e. The molecule has 4 aromatic rings. The van der Waals surface area contributed by atoms with E-state index >= 15 is 0 Å². The molecule has 22 heavy (non-hydrogen) atoms. The highest BCUT2D eigenvalue weighted by Gasteiger charge is 2.07. The van der Waals surface area contributed by atoms with Crippen molar-refractivity contribution in [1.82, 2.24) is 9.38 Å². The molecule has 3 nitrogen and oxygen atoms in total. The summed E-state index contributed by atoms with van der Waals surface area (Å²) in [6.45, 7) is 0. The first-order valence-electron chi connectivity index (χ1n) is 6.93. The molecule has 0 saturated heterocycles. The van der Waals surface area contributed by atoms with Gasteiger partial charge in [0.05, 0.1) is 5.69 Å². The van der Waals surface area contributed by atoms with Gasteiger partial charge in [-0.1, -0.05) is 12.1 Å². The molecule has 1 radical (unpaired) electrons. The maximum absolute atomic E-state index is 5.32. The highest BCUT2D eigenvalue weighted by atomic mass is 32.2. The minimum absolute atomic E-state index is 0.807. The molecule has 0 atom stereocenters. The summed E-state index contributed by atoms with van der Waals surface area (Å²) in [6, 6.07) is 16.1. The molecule has 4 rings (SSSR count). The Balaban J connectivity index is 1.76. The third-order valence-corrected chi connectivity index (χ3v) is 4.34. The number of pyridine rings is 1. The third-order valence-electron chi connectivity index (χ3n) is 3.59. The molecule has 3 aromatic heterocycles. The summed E-state index contributed by atoms with van der Waals surface area (Å²) in [5.41, 5.74) is 4.02. The molecule has 0 N–H and O–H groups in total. The second kappa shape index (κ2) is 5.39. The molecule has 107 valence electrons. The van der Waals surface area contributed by atoms with Crippen LogP contribution < -0.4 is 0 Å². The van der Waals surface area contributed by atoms with Crippen LogP contribution in [0.4, 0.5) is 0 Å². The van der Waals surface area contributed by atoms with E-state index in [1.54, 1.807) is 17.8 Å². The van der Waals surface area contributed by atoms with Gasteiger partial charge < -0.3 is 8.82 Å². The Morgan fingerprint density at radius 1 is 1.00 bits per heavy atom. The zero-order valence-corrected chi connectivity index (χ0v) is 12.8. The number of benzene rings is 1. The molecule has 0 amide bonds. The normalized spacial score (nSPS) is 11.1. The van der Waals surface area contributed by atoms with E-state index in [-0.39, 0.29) is 0 Å². The molecule has 0 fully saturated rings. The van der Waals surface area contributed by atoms with Crippen LogP contribution in [0, 0.1) is 6.26 Å². The van der Waals surface area contributed by atoms with Crippen molar-refractivity contribution < 1.29 is 4.42 Å². The smallest absolute Gasteiger partial charge is 0.170 e. The highest BCUT2D eigenvalue weighted by molar-refractivity contribution is 7.98. The lowest BCUT2D eigenvalue weighted by Crippen LogP contribution is -1.83. The van der Waals surface area contributed by atoms with Crippen LogP contribution in [0.3, 0.4) is 0 Å². The van der Waals surface area contributed by atoms with Gasteiger partial charge in [0.25, 0.3) is 0 Å². The van der Waals surface area contributed by atoms with Gasteiger partial charge in [-0.25, -0.2) is 4.98 Å². The predicted octanol–water partition coefficient (Wildman–Crippen LogP) is 4.78. The van der Waals surface area contributed by atoms with Crippen molar-refractivity contribution in [3.05, 3.63) is 67.2 Å². The average Bonchev–Trinajstić information content (AvgIpc) is 3.23. The van der Waals surface area contributed by atoms with Crippen LogP contribution in [-0.4, -0.2) is 15.6 Å². The molecular formula is C18H13N2OS. The number of hydrogen-bond donors (Lipinski definition) is 0. The Kier molecular flexibility index (Phi) is 3.24. The number of rotatable bonds is 3. The van der Waals surface area contributed by atoms with Crippen molar-refractivity contribution >= 4 is 17.4 Å². The van der Waals surface area contributed by atoms with Crippen molar-refractivity contribution in [2.24, 2.45) is 0 Å². The molecule has 0 spiro atoms. The van der Waals surface area contributed by atoms with Crippen molar-refractivity contribution in [1.29, 1.82) is 0 Å². The zero-order valence-electron chi connectivity index (χ0n) is 12.0. The molecule has 0 unspecified atom stereocenters. The van der Waals surface area contributed by atoms with Gasteiger partial charge in [0.1, 0.15) is 11.4 Å². The molecule has 1 aromatic carbocycles. The summed E-state index contributed by atoms with van der Waals surface area (Å²) >= 11 is 1.74. The number of imidazole rings is 1. The summed E-state index contributed by atoms with van der Waals surface area (Å²) in [7, 11) is 0. The lowest BCUT2D eigenvalue weighted by atomic mass is 10.2. The summed E-state index contributed by atoms with van der Waals surface area (Å²) in [5, 5.41) is 0. The SMILES string of the molecule is CSc1ccc(-c2cn3cc(-c4cc[c]o4)ccc3n2)cc1. The van der Waals surface area contributed by atoms with Gasteiger partial charge in [-0.05, 0) is 42.7 Å². The summed E-state index contributed by atoms with van der Waals surface area (Å²) in [5.74, 6) is 0.807. The Labute approximate surface area is 132 Å². The van der Waals surface area contributed by atoms with Gasteiger partial charge in [-0.15, -0.1) is 11.8 Å². The Morgan fingerprint density at radius 2 is 1.82 bits per heavy atom. The Bertz CT molecular complexity index is 908. The van der Waals surface area contributed by atoms with Crippen molar-refractivity contribution in [2.75, 3.05) is 6.26 Å². The van der Waals surface area contributed by atoms with E-state index in [4.69, 9.17) is 4.42 Å². The number of aromatic nitrogens is 2. The lowest BCUT2D eigenvalue weighted by Gasteiger charge is -1.98. The van der Waals surface area contributed by atoms with Crippen LogP contribution in [0.5, 0.6) is 0 Å². The summed E-state index contributed by atoms with van der Waals surface area (Å²) in [4.78, 5) is 5.93. The van der Waals surface area contributed by atoms with E-state index in [1.807, 2.05) is 35.0 Å². The molecule has 0 saturated carbocycles. The first-order chi connectivity index (χ1) is 10.8.